The van der Waals surface area contributed by atoms with Crippen LogP contribution in [0.15, 0.2) is 0 Å². The van der Waals surface area contributed by atoms with Crippen molar-refractivity contribution in [2.45, 2.75) is 52.4 Å². The van der Waals surface area contributed by atoms with Crippen LogP contribution in [0.5, 0.6) is 0 Å². The van der Waals surface area contributed by atoms with E-state index in [0.717, 1.165) is 13.2 Å². The number of hydrogen-bond acceptors (Lipinski definition) is 1. The first-order valence-corrected chi connectivity index (χ1v) is 4.99. The second-order valence-corrected chi connectivity index (χ2v) is 3.03. The van der Waals surface area contributed by atoms with E-state index in [1.165, 1.54) is 38.5 Å². The zero-order chi connectivity index (χ0) is 8.36. The molecule has 3 heteroatoms. The summed E-state index contributed by atoms with van der Waals surface area (Å²) in [5.41, 5.74) is 0. The van der Waals surface area contributed by atoms with Gasteiger partial charge in [0.2, 0.25) is 0 Å². The first kappa shape index (κ1) is 18.6. The summed E-state index contributed by atoms with van der Waals surface area (Å²) >= 11 is 0. The summed E-state index contributed by atoms with van der Waals surface area (Å²) in [7, 11) is 0. The summed E-state index contributed by atoms with van der Waals surface area (Å²) in [6, 6.07) is 0. The van der Waals surface area contributed by atoms with Gasteiger partial charge in [0.1, 0.15) is 0 Å². The van der Waals surface area contributed by atoms with Crippen LogP contribution in [-0.2, 0) is 4.74 Å². The van der Waals surface area contributed by atoms with E-state index in [0.29, 0.717) is 0 Å². The fraction of sp³-hybridized carbons (Fsp3) is 1.00. The van der Waals surface area contributed by atoms with Crippen molar-refractivity contribution >= 4 is 0 Å². The molecular weight excluding hydrogens is 168 g/mol. The lowest BCUT2D eigenvalue weighted by atomic mass is 10.2. The van der Waals surface area contributed by atoms with Gasteiger partial charge < -0.3 is 15.7 Å². The third-order valence-electron chi connectivity index (χ3n) is 1.78. The van der Waals surface area contributed by atoms with Gasteiger partial charge in [0.05, 0.1) is 0 Å². The van der Waals surface area contributed by atoms with Crippen LogP contribution >= 0.6 is 0 Å². The summed E-state index contributed by atoms with van der Waals surface area (Å²) in [6.07, 6.45) is 7.68. The van der Waals surface area contributed by atoms with Crippen LogP contribution in [0.4, 0.5) is 0 Å². The Morgan fingerprint density at radius 3 is 1.38 bits per heavy atom. The Hall–Kier alpha value is -0.120. The minimum Gasteiger partial charge on any atom is -0.412 e. The van der Waals surface area contributed by atoms with Crippen LogP contribution in [-0.4, -0.2) is 24.2 Å². The Kier molecular flexibility index (Phi) is 25.5. The molecular formula is C10H26O3. The highest BCUT2D eigenvalue weighted by Crippen LogP contribution is 1.97. The first-order chi connectivity index (χ1) is 5.41. The average Bonchev–Trinajstić information content (AvgIpc) is 2.03. The Morgan fingerprint density at radius 2 is 1.08 bits per heavy atom. The molecule has 0 saturated heterocycles. The van der Waals surface area contributed by atoms with Gasteiger partial charge in [0.25, 0.3) is 0 Å². The highest BCUT2D eigenvalue weighted by Gasteiger charge is 1.88. The predicted molar refractivity (Wildman–Crippen MR) is 57.1 cm³/mol. The molecule has 3 nitrogen and oxygen atoms in total. The third kappa shape index (κ3) is 18.7. The van der Waals surface area contributed by atoms with Gasteiger partial charge in [-0.1, -0.05) is 39.5 Å². The zero-order valence-electron chi connectivity index (χ0n) is 9.07. The lowest BCUT2D eigenvalue weighted by Crippen LogP contribution is -1.96. The number of unbranched alkanes of at least 4 members (excludes halogenated alkanes) is 4. The van der Waals surface area contributed by atoms with Crippen molar-refractivity contribution < 1.29 is 15.7 Å². The number of ether oxygens (including phenoxy) is 1. The molecule has 0 radical (unpaired) electrons. The largest absolute Gasteiger partial charge is 0.412 e. The lowest BCUT2D eigenvalue weighted by Gasteiger charge is -2.01. The fourth-order valence-corrected chi connectivity index (χ4v) is 1.01. The van der Waals surface area contributed by atoms with E-state index in [1.54, 1.807) is 0 Å². The number of hydrogen-bond donors (Lipinski definition) is 0. The van der Waals surface area contributed by atoms with Gasteiger partial charge in [0, 0.05) is 13.2 Å². The maximum atomic E-state index is 5.44. The second-order valence-electron chi connectivity index (χ2n) is 3.03. The Morgan fingerprint density at radius 1 is 0.692 bits per heavy atom. The van der Waals surface area contributed by atoms with Crippen molar-refractivity contribution in [2.75, 3.05) is 13.2 Å². The Balaban J connectivity index is -0.000000500. The first-order valence-electron chi connectivity index (χ1n) is 4.99. The van der Waals surface area contributed by atoms with E-state index in [-0.39, 0.29) is 11.0 Å². The molecule has 0 aromatic carbocycles. The summed E-state index contributed by atoms with van der Waals surface area (Å²) in [5.74, 6) is 0. The van der Waals surface area contributed by atoms with E-state index in [4.69, 9.17) is 4.74 Å². The fourth-order valence-electron chi connectivity index (χ4n) is 1.01. The normalized spacial score (nSPS) is 8.77. The molecule has 0 heterocycles. The van der Waals surface area contributed by atoms with E-state index >= 15 is 0 Å². The molecule has 4 N–H and O–H groups in total. The van der Waals surface area contributed by atoms with Crippen molar-refractivity contribution in [3.63, 3.8) is 0 Å². The van der Waals surface area contributed by atoms with Gasteiger partial charge in [-0.15, -0.1) is 0 Å². The SMILES string of the molecule is CCCCCOCCCCC.O.O. The minimum atomic E-state index is 0. The summed E-state index contributed by atoms with van der Waals surface area (Å²) < 4.78 is 5.44. The van der Waals surface area contributed by atoms with Crippen molar-refractivity contribution in [1.29, 1.82) is 0 Å². The molecule has 0 saturated carbocycles. The molecule has 0 bridgehead atoms. The summed E-state index contributed by atoms with van der Waals surface area (Å²) in [6.45, 7) is 6.38. The van der Waals surface area contributed by atoms with Crippen LogP contribution in [0.3, 0.4) is 0 Å². The van der Waals surface area contributed by atoms with Crippen molar-refractivity contribution in [3.8, 4) is 0 Å². The molecule has 0 aromatic rings. The molecule has 0 amide bonds. The Labute approximate surface area is 82.1 Å². The van der Waals surface area contributed by atoms with Crippen molar-refractivity contribution in [1.82, 2.24) is 0 Å². The molecule has 0 aliphatic rings. The van der Waals surface area contributed by atoms with Crippen LogP contribution in [0, 0.1) is 0 Å². The quantitative estimate of drug-likeness (QED) is 0.542. The summed E-state index contributed by atoms with van der Waals surface area (Å²) in [4.78, 5) is 0. The smallest absolute Gasteiger partial charge is 0.0466 e. The average molecular weight is 194 g/mol. The van der Waals surface area contributed by atoms with E-state index in [9.17, 15) is 0 Å². The number of rotatable bonds is 8. The molecule has 0 aliphatic heterocycles. The highest BCUT2D eigenvalue weighted by atomic mass is 16.5. The third-order valence-corrected chi connectivity index (χ3v) is 1.78. The monoisotopic (exact) mass is 194 g/mol. The van der Waals surface area contributed by atoms with Crippen LogP contribution in [0.25, 0.3) is 0 Å². The van der Waals surface area contributed by atoms with Crippen molar-refractivity contribution in [2.24, 2.45) is 0 Å². The predicted octanol–water partition coefficient (Wildman–Crippen LogP) is 1.73. The zero-order valence-corrected chi connectivity index (χ0v) is 9.07. The standard InChI is InChI=1S/C10H22O.2H2O/c1-3-5-7-9-11-10-8-6-4-2;;/h3-10H2,1-2H3;2*1H2. The summed E-state index contributed by atoms with van der Waals surface area (Å²) in [5, 5.41) is 0. The molecule has 0 aromatic heterocycles. The lowest BCUT2D eigenvalue weighted by molar-refractivity contribution is 0.126. The second kappa shape index (κ2) is 17.8. The van der Waals surface area contributed by atoms with Gasteiger partial charge in [-0.05, 0) is 12.8 Å². The minimum absolute atomic E-state index is 0. The van der Waals surface area contributed by atoms with Gasteiger partial charge >= 0.3 is 0 Å². The van der Waals surface area contributed by atoms with Crippen LogP contribution < -0.4 is 0 Å². The molecule has 0 spiro atoms. The van der Waals surface area contributed by atoms with Gasteiger partial charge in [0.15, 0.2) is 0 Å². The molecule has 0 atom stereocenters. The molecule has 0 aliphatic carbocycles. The van der Waals surface area contributed by atoms with Crippen LogP contribution in [0.2, 0.25) is 0 Å². The highest BCUT2D eigenvalue weighted by molar-refractivity contribution is 4.38. The van der Waals surface area contributed by atoms with Crippen LogP contribution in [0.1, 0.15) is 52.4 Å². The van der Waals surface area contributed by atoms with Gasteiger partial charge in [-0.25, -0.2) is 0 Å². The van der Waals surface area contributed by atoms with E-state index in [2.05, 4.69) is 13.8 Å². The molecule has 0 unspecified atom stereocenters. The Bertz CT molecular complexity index is 59.2. The molecule has 84 valence electrons. The van der Waals surface area contributed by atoms with Gasteiger partial charge in [-0.2, -0.15) is 0 Å². The van der Waals surface area contributed by atoms with E-state index in [1.807, 2.05) is 0 Å². The molecule has 0 rings (SSSR count). The van der Waals surface area contributed by atoms with Gasteiger partial charge in [-0.3, -0.25) is 0 Å². The maximum Gasteiger partial charge on any atom is 0.0466 e. The molecule has 0 fully saturated rings. The topological polar surface area (TPSA) is 72.2 Å². The maximum absolute atomic E-state index is 5.44. The van der Waals surface area contributed by atoms with Crippen molar-refractivity contribution in [3.05, 3.63) is 0 Å². The van der Waals surface area contributed by atoms with E-state index < -0.39 is 0 Å². The molecule has 13 heavy (non-hydrogen) atoms.